The Labute approximate surface area is 198 Å². The van der Waals surface area contributed by atoms with Crippen LogP contribution in [-0.4, -0.2) is 27.7 Å². The van der Waals surface area contributed by atoms with Crippen LogP contribution in [0, 0.1) is 6.92 Å². The molecule has 168 valence electrons. The maximum Gasteiger partial charge on any atom is 0.337 e. The lowest BCUT2D eigenvalue weighted by Gasteiger charge is -2.23. The molecule has 0 fully saturated rings. The van der Waals surface area contributed by atoms with Gasteiger partial charge in [0.2, 0.25) is 0 Å². The quantitative estimate of drug-likeness (QED) is 0.290. The predicted octanol–water partition coefficient (Wildman–Crippen LogP) is 6.87. The van der Waals surface area contributed by atoms with E-state index in [-0.39, 0.29) is 0 Å². The third kappa shape index (κ3) is 4.90. The normalized spacial score (nSPS) is 12.1. The second-order valence-corrected chi connectivity index (χ2v) is 8.43. The molecule has 6 heteroatoms. The molecular weight excluding hydrogens is 436 g/mol. The van der Waals surface area contributed by atoms with Crippen LogP contribution in [0.5, 0.6) is 0 Å². The van der Waals surface area contributed by atoms with Crippen molar-refractivity contribution in [3.05, 3.63) is 83.4 Å². The van der Waals surface area contributed by atoms with E-state index in [1.807, 2.05) is 49.4 Å². The number of aryl methyl sites for hydroxylation is 1. The van der Waals surface area contributed by atoms with Gasteiger partial charge in [0.15, 0.2) is 6.10 Å². The second kappa shape index (κ2) is 10.1. The Balaban J connectivity index is 1.96. The lowest BCUT2D eigenvalue weighted by molar-refractivity contribution is -0.151. The number of unbranched alkanes of at least 4 members (excludes halogenated alkanes) is 1. The highest BCUT2D eigenvalue weighted by Gasteiger charge is 2.27. The van der Waals surface area contributed by atoms with E-state index in [0.717, 1.165) is 51.4 Å². The highest BCUT2D eigenvalue weighted by atomic mass is 35.5. The van der Waals surface area contributed by atoms with E-state index in [2.05, 4.69) is 23.0 Å². The molecule has 0 saturated carbocycles. The van der Waals surface area contributed by atoms with Gasteiger partial charge in [0, 0.05) is 35.2 Å². The van der Waals surface area contributed by atoms with Gasteiger partial charge >= 0.3 is 5.97 Å². The number of carbonyl (C=O) groups is 1. The molecule has 1 N–H and O–H groups in total. The average molecular weight is 461 g/mol. The van der Waals surface area contributed by atoms with Gasteiger partial charge in [-0.3, -0.25) is 0 Å². The summed E-state index contributed by atoms with van der Waals surface area (Å²) in [6.45, 7) is 4.37. The van der Waals surface area contributed by atoms with E-state index in [9.17, 15) is 9.90 Å². The number of aliphatic carboxylic acids is 1. The Morgan fingerprint density at radius 2 is 1.73 bits per heavy atom. The van der Waals surface area contributed by atoms with Gasteiger partial charge in [-0.1, -0.05) is 55.3 Å². The molecule has 0 spiro atoms. The van der Waals surface area contributed by atoms with Crippen molar-refractivity contribution in [3.8, 4) is 22.3 Å². The Bertz CT molecular complexity index is 1270. The number of carboxylic acid groups (broad SMARTS) is 1. The molecule has 0 bridgehead atoms. The highest BCUT2D eigenvalue weighted by Crippen LogP contribution is 2.40. The summed E-state index contributed by atoms with van der Waals surface area (Å²) in [5.41, 5.74) is 5.18. The van der Waals surface area contributed by atoms with Gasteiger partial charge in [0.1, 0.15) is 6.33 Å². The van der Waals surface area contributed by atoms with Crippen molar-refractivity contribution in [2.45, 2.75) is 32.8 Å². The third-order valence-electron chi connectivity index (χ3n) is 5.68. The fourth-order valence-corrected chi connectivity index (χ4v) is 4.21. The first-order valence-electron chi connectivity index (χ1n) is 10.9. The summed E-state index contributed by atoms with van der Waals surface area (Å²) in [4.78, 5) is 20.5. The van der Waals surface area contributed by atoms with Crippen molar-refractivity contribution < 1.29 is 14.6 Å². The van der Waals surface area contributed by atoms with E-state index < -0.39 is 12.1 Å². The number of benzene rings is 3. The number of halogens is 1. The summed E-state index contributed by atoms with van der Waals surface area (Å²) >= 11 is 6.14. The van der Waals surface area contributed by atoms with Crippen LogP contribution in [-0.2, 0) is 9.53 Å². The van der Waals surface area contributed by atoms with Crippen LogP contribution in [0.25, 0.3) is 33.0 Å². The van der Waals surface area contributed by atoms with E-state index >= 15 is 0 Å². The van der Waals surface area contributed by atoms with Gasteiger partial charge in [0.05, 0.1) is 0 Å². The van der Waals surface area contributed by atoms with E-state index in [1.165, 1.54) is 6.33 Å². The molecule has 0 amide bonds. The summed E-state index contributed by atoms with van der Waals surface area (Å²) in [5.74, 6) is -0.998. The average Bonchev–Trinajstić information content (AvgIpc) is 2.82. The number of carboxylic acids is 1. The molecule has 0 radical (unpaired) electrons. The van der Waals surface area contributed by atoms with Gasteiger partial charge < -0.3 is 9.84 Å². The Hall–Kier alpha value is -3.28. The molecule has 4 aromatic rings. The van der Waals surface area contributed by atoms with Gasteiger partial charge in [-0.2, -0.15) is 0 Å². The first-order chi connectivity index (χ1) is 16.0. The molecular formula is C27H25ClN2O3. The van der Waals surface area contributed by atoms with Crippen LogP contribution in [0.15, 0.2) is 67.3 Å². The zero-order valence-electron chi connectivity index (χ0n) is 18.6. The molecule has 1 atom stereocenters. The lowest BCUT2D eigenvalue weighted by Crippen LogP contribution is -2.18. The Kier molecular flexibility index (Phi) is 7.02. The van der Waals surface area contributed by atoms with Gasteiger partial charge in [-0.15, -0.1) is 0 Å². The van der Waals surface area contributed by atoms with Crippen LogP contribution in [0.3, 0.4) is 0 Å². The predicted molar refractivity (Wildman–Crippen MR) is 131 cm³/mol. The SMILES string of the molecule is CCCCOC(C(=O)O)c1c(C)cc2cc(-c3cncnc3)ccc2c1-c1ccc(Cl)cc1. The fourth-order valence-electron chi connectivity index (χ4n) is 4.08. The first-order valence-corrected chi connectivity index (χ1v) is 11.3. The number of hydrogen-bond acceptors (Lipinski definition) is 4. The van der Waals surface area contributed by atoms with Gasteiger partial charge in [0.25, 0.3) is 0 Å². The zero-order valence-corrected chi connectivity index (χ0v) is 19.3. The minimum Gasteiger partial charge on any atom is -0.479 e. The van der Waals surface area contributed by atoms with E-state index in [4.69, 9.17) is 16.3 Å². The van der Waals surface area contributed by atoms with Crippen LogP contribution < -0.4 is 0 Å². The van der Waals surface area contributed by atoms with E-state index in [1.54, 1.807) is 12.4 Å². The smallest absolute Gasteiger partial charge is 0.337 e. The van der Waals surface area contributed by atoms with Crippen molar-refractivity contribution in [1.82, 2.24) is 9.97 Å². The summed E-state index contributed by atoms with van der Waals surface area (Å²) in [6, 6.07) is 15.6. The standard InChI is InChI=1S/C27H25ClN2O3/c1-3-4-11-33-26(27(31)32)24-17(2)12-20-13-19(21-14-29-16-30-15-21)7-10-23(20)25(24)18-5-8-22(28)9-6-18/h5-10,12-16,26H,3-4,11H2,1-2H3,(H,31,32). The van der Waals surface area contributed by atoms with Crippen LogP contribution in [0.4, 0.5) is 0 Å². The maximum atomic E-state index is 12.3. The minimum atomic E-state index is -1.06. The first kappa shape index (κ1) is 22.9. The molecule has 5 nitrogen and oxygen atoms in total. The van der Waals surface area contributed by atoms with Crippen molar-refractivity contribution in [3.63, 3.8) is 0 Å². The summed E-state index contributed by atoms with van der Waals surface area (Å²) in [6.07, 6.45) is 5.72. The zero-order chi connectivity index (χ0) is 23.4. The van der Waals surface area contributed by atoms with Crippen LogP contribution >= 0.6 is 11.6 Å². The number of ether oxygens (including phenoxy) is 1. The van der Waals surface area contributed by atoms with E-state index in [0.29, 0.717) is 17.2 Å². The van der Waals surface area contributed by atoms with Crippen molar-refractivity contribution >= 4 is 28.3 Å². The number of nitrogens with zero attached hydrogens (tertiary/aromatic N) is 2. The summed E-state index contributed by atoms with van der Waals surface area (Å²) in [5, 5.41) is 12.6. The van der Waals surface area contributed by atoms with Crippen LogP contribution in [0.2, 0.25) is 5.02 Å². The molecule has 0 saturated heterocycles. The molecule has 0 aliphatic rings. The number of hydrogen-bond donors (Lipinski definition) is 1. The number of aromatic nitrogens is 2. The maximum absolute atomic E-state index is 12.3. The molecule has 1 unspecified atom stereocenters. The van der Waals surface area contributed by atoms with Crippen molar-refractivity contribution in [1.29, 1.82) is 0 Å². The van der Waals surface area contributed by atoms with Crippen LogP contribution in [0.1, 0.15) is 37.0 Å². The summed E-state index contributed by atoms with van der Waals surface area (Å²) in [7, 11) is 0. The van der Waals surface area contributed by atoms with Crippen molar-refractivity contribution in [2.24, 2.45) is 0 Å². The van der Waals surface area contributed by atoms with Crippen molar-refractivity contribution in [2.75, 3.05) is 6.61 Å². The largest absolute Gasteiger partial charge is 0.479 e. The minimum absolute atomic E-state index is 0.387. The number of fused-ring (bicyclic) bond motifs is 1. The molecule has 33 heavy (non-hydrogen) atoms. The summed E-state index contributed by atoms with van der Waals surface area (Å²) < 4.78 is 5.90. The second-order valence-electron chi connectivity index (χ2n) is 7.99. The molecule has 1 aromatic heterocycles. The molecule has 0 aliphatic carbocycles. The fraction of sp³-hybridized carbons (Fsp3) is 0.222. The molecule has 0 aliphatic heterocycles. The third-order valence-corrected chi connectivity index (χ3v) is 5.93. The molecule has 1 heterocycles. The van der Waals surface area contributed by atoms with Gasteiger partial charge in [-0.05, 0) is 64.6 Å². The monoisotopic (exact) mass is 460 g/mol. The van der Waals surface area contributed by atoms with Gasteiger partial charge in [-0.25, -0.2) is 14.8 Å². The topological polar surface area (TPSA) is 72.3 Å². The lowest BCUT2D eigenvalue weighted by atomic mass is 9.86. The number of rotatable bonds is 8. The Morgan fingerprint density at radius 3 is 2.39 bits per heavy atom. The highest BCUT2D eigenvalue weighted by molar-refractivity contribution is 6.30. The molecule has 3 aromatic carbocycles. The molecule has 4 rings (SSSR count). The Morgan fingerprint density at radius 1 is 1.03 bits per heavy atom.